The van der Waals surface area contributed by atoms with E-state index in [2.05, 4.69) is 6.07 Å². The highest BCUT2D eigenvalue weighted by molar-refractivity contribution is 5.61. The van der Waals surface area contributed by atoms with Crippen LogP contribution in [0.4, 0.5) is 5.69 Å². The van der Waals surface area contributed by atoms with Crippen molar-refractivity contribution in [1.29, 1.82) is 10.5 Å². The molecule has 0 amide bonds. The molecule has 0 unspecified atom stereocenters. The smallest absolute Gasteiger partial charge is 0.101 e. The number of hydrogen-bond donors (Lipinski definition) is 0. The molecule has 1 aromatic carbocycles. The van der Waals surface area contributed by atoms with E-state index in [-0.39, 0.29) is 0 Å². The minimum absolute atomic E-state index is 0.572. The fourth-order valence-corrected chi connectivity index (χ4v) is 1.07. The lowest BCUT2D eigenvalue weighted by atomic mass is 10.1. The summed E-state index contributed by atoms with van der Waals surface area (Å²) in [5, 5.41) is 17.4. The van der Waals surface area contributed by atoms with E-state index in [1.807, 2.05) is 25.1 Å². The van der Waals surface area contributed by atoms with Gasteiger partial charge in [-0.25, -0.2) is 0 Å². The Morgan fingerprint density at radius 2 is 1.85 bits per heavy atom. The summed E-state index contributed by atoms with van der Waals surface area (Å²) in [6.07, 6.45) is 0. The number of anilines is 1. The van der Waals surface area contributed by atoms with Gasteiger partial charge in [0, 0.05) is 14.1 Å². The molecule has 3 heteroatoms. The van der Waals surface area contributed by atoms with Crippen molar-refractivity contribution in [2.24, 2.45) is 0 Å². The zero-order valence-electron chi connectivity index (χ0n) is 7.57. The van der Waals surface area contributed by atoms with Crippen molar-refractivity contribution >= 4 is 5.69 Å². The topological polar surface area (TPSA) is 50.8 Å². The molecular formula is C10H9N3. The molecule has 0 aliphatic heterocycles. The number of rotatable bonds is 1. The van der Waals surface area contributed by atoms with Crippen LogP contribution in [0.25, 0.3) is 0 Å². The number of nitriles is 2. The van der Waals surface area contributed by atoms with Gasteiger partial charge in [0.1, 0.15) is 6.07 Å². The Hall–Kier alpha value is -2.00. The van der Waals surface area contributed by atoms with Crippen molar-refractivity contribution in [3.63, 3.8) is 0 Å². The van der Waals surface area contributed by atoms with Crippen LogP contribution in [-0.2, 0) is 0 Å². The van der Waals surface area contributed by atoms with Gasteiger partial charge in [-0.05, 0) is 18.2 Å². The van der Waals surface area contributed by atoms with E-state index in [0.29, 0.717) is 11.1 Å². The predicted octanol–water partition coefficient (Wildman–Crippen LogP) is 1.50. The van der Waals surface area contributed by atoms with Crippen molar-refractivity contribution in [2.75, 3.05) is 19.0 Å². The van der Waals surface area contributed by atoms with Crippen molar-refractivity contribution in [2.45, 2.75) is 0 Å². The molecular weight excluding hydrogens is 162 g/mol. The van der Waals surface area contributed by atoms with E-state index < -0.39 is 0 Å². The summed E-state index contributed by atoms with van der Waals surface area (Å²) in [4.78, 5) is 1.82. The van der Waals surface area contributed by atoms with Gasteiger partial charge in [0.2, 0.25) is 0 Å². The first-order valence-electron chi connectivity index (χ1n) is 3.80. The Kier molecular flexibility index (Phi) is 2.52. The maximum atomic E-state index is 8.77. The van der Waals surface area contributed by atoms with Gasteiger partial charge in [-0.1, -0.05) is 0 Å². The van der Waals surface area contributed by atoms with E-state index in [4.69, 9.17) is 10.5 Å². The molecule has 0 aliphatic carbocycles. The first-order chi connectivity index (χ1) is 6.19. The van der Waals surface area contributed by atoms with Crippen molar-refractivity contribution in [1.82, 2.24) is 0 Å². The van der Waals surface area contributed by atoms with E-state index in [1.54, 1.807) is 18.2 Å². The van der Waals surface area contributed by atoms with E-state index in [1.165, 1.54) is 0 Å². The first kappa shape index (κ1) is 9.09. The standard InChI is InChI=1S/C10H9N3/c1-13(2)10-5-8(6-11)3-4-9(10)7-12/h3-5H,1-2H3. The van der Waals surface area contributed by atoms with Crippen LogP contribution in [0.5, 0.6) is 0 Å². The average molecular weight is 171 g/mol. The molecule has 64 valence electrons. The molecule has 0 N–H and O–H groups in total. The van der Waals surface area contributed by atoms with Crippen LogP contribution in [0.15, 0.2) is 18.2 Å². The highest BCUT2D eigenvalue weighted by Gasteiger charge is 2.04. The molecule has 0 fully saturated rings. The molecule has 3 nitrogen and oxygen atoms in total. The van der Waals surface area contributed by atoms with Gasteiger partial charge < -0.3 is 4.90 Å². The molecule has 0 aliphatic rings. The third kappa shape index (κ3) is 1.77. The molecule has 13 heavy (non-hydrogen) atoms. The van der Waals surface area contributed by atoms with E-state index in [0.717, 1.165) is 5.69 Å². The molecule has 1 aromatic rings. The number of hydrogen-bond acceptors (Lipinski definition) is 3. The highest BCUT2D eigenvalue weighted by Crippen LogP contribution is 2.18. The third-order valence-corrected chi connectivity index (χ3v) is 1.73. The summed E-state index contributed by atoms with van der Waals surface area (Å²) in [6, 6.07) is 9.13. The van der Waals surface area contributed by atoms with Crippen molar-refractivity contribution in [3.8, 4) is 12.1 Å². The fraction of sp³-hybridized carbons (Fsp3) is 0.200. The van der Waals surface area contributed by atoms with Crippen LogP contribution < -0.4 is 4.90 Å². The van der Waals surface area contributed by atoms with Gasteiger partial charge in [0.05, 0.1) is 22.9 Å². The third-order valence-electron chi connectivity index (χ3n) is 1.73. The lowest BCUT2D eigenvalue weighted by molar-refractivity contribution is 1.12. The summed E-state index contributed by atoms with van der Waals surface area (Å²) in [7, 11) is 3.69. The lowest BCUT2D eigenvalue weighted by Crippen LogP contribution is -2.10. The SMILES string of the molecule is CN(C)c1cc(C#N)ccc1C#N. The predicted molar refractivity (Wildman–Crippen MR) is 50.2 cm³/mol. The molecule has 0 radical (unpaired) electrons. The molecule has 0 atom stereocenters. The normalized spacial score (nSPS) is 8.62. The Morgan fingerprint density at radius 3 is 2.31 bits per heavy atom. The van der Waals surface area contributed by atoms with Gasteiger partial charge in [-0.15, -0.1) is 0 Å². The van der Waals surface area contributed by atoms with Crippen LogP contribution in [0.1, 0.15) is 11.1 Å². The second-order valence-corrected chi connectivity index (χ2v) is 2.85. The largest absolute Gasteiger partial charge is 0.377 e. The molecule has 0 spiro atoms. The summed E-state index contributed by atoms with van der Waals surface area (Å²) >= 11 is 0. The van der Waals surface area contributed by atoms with Crippen LogP contribution in [-0.4, -0.2) is 14.1 Å². The minimum Gasteiger partial charge on any atom is -0.377 e. The second kappa shape index (κ2) is 3.60. The summed E-state index contributed by atoms with van der Waals surface area (Å²) in [5.74, 6) is 0. The molecule has 0 saturated heterocycles. The first-order valence-corrected chi connectivity index (χ1v) is 3.80. The zero-order valence-corrected chi connectivity index (χ0v) is 7.57. The van der Waals surface area contributed by atoms with Crippen LogP contribution in [0, 0.1) is 22.7 Å². The van der Waals surface area contributed by atoms with E-state index in [9.17, 15) is 0 Å². The quantitative estimate of drug-likeness (QED) is 0.643. The van der Waals surface area contributed by atoms with Crippen LogP contribution >= 0.6 is 0 Å². The summed E-state index contributed by atoms with van der Waals surface area (Å²) < 4.78 is 0. The van der Waals surface area contributed by atoms with Gasteiger partial charge in [0.25, 0.3) is 0 Å². The maximum Gasteiger partial charge on any atom is 0.101 e. The van der Waals surface area contributed by atoms with Gasteiger partial charge in [0.15, 0.2) is 0 Å². The monoisotopic (exact) mass is 171 g/mol. The summed E-state index contributed by atoms with van der Waals surface area (Å²) in [6.45, 7) is 0. The lowest BCUT2D eigenvalue weighted by Gasteiger charge is -2.13. The molecule has 0 aromatic heterocycles. The van der Waals surface area contributed by atoms with Crippen LogP contribution in [0.2, 0.25) is 0 Å². The molecule has 0 heterocycles. The Morgan fingerprint density at radius 1 is 1.15 bits per heavy atom. The number of benzene rings is 1. The Bertz CT molecular complexity index is 394. The molecule has 1 rings (SSSR count). The van der Waals surface area contributed by atoms with Gasteiger partial charge >= 0.3 is 0 Å². The average Bonchev–Trinajstić information content (AvgIpc) is 2.16. The van der Waals surface area contributed by atoms with Crippen molar-refractivity contribution < 1.29 is 0 Å². The second-order valence-electron chi connectivity index (χ2n) is 2.85. The van der Waals surface area contributed by atoms with Gasteiger partial charge in [-0.2, -0.15) is 10.5 Å². The Labute approximate surface area is 77.4 Å². The van der Waals surface area contributed by atoms with E-state index >= 15 is 0 Å². The van der Waals surface area contributed by atoms with Crippen LogP contribution in [0.3, 0.4) is 0 Å². The Balaban J connectivity index is 3.30. The summed E-state index contributed by atoms with van der Waals surface area (Å²) in [5.41, 5.74) is 1.94. The number of nitrogens with zero attached hydrogens (tertiary/aromatic N) is 3. The highest BCUT2D eigenvalue weighted by atomic mass is 15.1. The fourth-order valence-electron chi connectivity index (χ4n) is 1.07. The zero-order chi connectivity index (χ0) is 9.84. The molecule has 0 saturated carbocycles. The minimum atomic E-state index is 0.572. The van der Waals surface area contributed by atoms with Gasteiger partial charge in [-0.3, -0.25) is 0 Å². The molecule has 0 bridgehead atoms. The van der Waals surface area contributed by atoms with Crippen molar-refractivity contribution in [3.05, 3.63) is 29.3 Å². The maximum absolute atomic E-state index is 8.77.